The molecule has 1 amide bonds. The second-order valence-corrected chi connectivity index (χ2v) is 6.38. The molecule has 0 fully saturated rings. The summed E-state index contributed by atoms with van der Waals surface area (Å²) in [5, 5.41) is 13.9. The number of nitrogens with zero attached hydrogens (tertiary/aromatic N) is 5. The van der Waals surface area contributed by atoms with Gasteiger partial charge in [-0.25, -0.2) is 9.78 Å². The second kappa shape index (κ2) is 5.73. The Labute approximate surface area is 128 Å². The van der Waals surface area contributed by atoms with Crippen LogP contribution in [0.15, 0.2) is 10.7 Å². The summed E-state index contributed by atoms with van der Waals surface area (Å²) >= 11 is 4.95. The molecule has 0 aliphatic heterocycles. The summed E-state index contributed by atoms with van der Waals surface area (Å²) in [5.41, 5.74) is 0.900. The zero-order chi connectivity index (χ0) is 14.9. The van der Waals surface area contributed by atoms with Crippen molar-refractivity contribution < 1.29 is 4.79 Å². The summed E-state index contributed by atoms with van der Waals surface area (Å²) in [7, 11) is 3.29. The molecule has 0 spiro atoms. The predicted octanol–water partition coefficient (Wildman–Crippen LogP) is 2.40. The molecule has 104 valence electrons. The van der Waals surface area contributed by atoms with Crippen LogP contribution in [0.5, 0.6) is 0 Å². The molecule has 0 aliphatic carbocycles. The normalized spacial score (nSPS) is 10.3. The van der Waals surface area contributed by atoms with E-state index in [1.165, 1.54) is 9.58 Å². The molecule has 2 rings (SSSR count). The topological polar surface area (TPSA) is 74.8 Å². The zero-order valence-electron chi connectivity index (χ0n) is 11.2. The van der Waals surface area contributed by atoms with Crippen molar-refractivity contribution in [3.63, 3.8) is 0 Å². The van der Waals surface area contributed by atoms with E-state index in [-0.39, 0.29) is 11.7 Å². The van der Waals surface area contributed by atoms with Gasteiger partial charge in [0.1, 0.15) is 10.7 Å². The van der Waals surface area contributed by atoms with Gasteiger partial charge < -0.3 is 4.90 Å². The lowest BCUT2D eigenvalue weighted by atomic mass is 10.2. The van der Waals surface area contributed by atoms with Crippen LogP contribution in [0.1, 0.15) is 21.3 Å². The van der Waals surface area contributed by atoms with Crippen LogP contribution in [0.3, 0.4) is 0 Å². The summed E-state index contributed by atoms with van der Waals surface area (Å²) in [4.78, 5) is 18.8. The van der Waals surface area contributed by atoms with E-state index >= 15 is 0 Å². The first-order valence-electron chi connectivity index (χ1n) is 5.75. The fraction of sp³-hybridized carbons (Fsp3) is 0.333. The van der Waals surface area contributed by atoms with Crippen molar-refractivity contribution >= 4 is 33.3 Å². The van der Waals surface area contributed by atoms with Gasteiger partial charge in [0.2, 0.25) is 0 Å². The van der Waals surface area contributed by atoms with E-state index in [1.54, 1.807) is 31.5 Å². The number of carbonyl (C=O) groups excluding carboxylic acids is 1. The number of amides is 1. The molecule has 8 heteroatoms. The van der Waals surface area contributed by atoms with Gasteiger partial charge in [0.25, 0.3) is 0 Å². The molecule has 6 nitrogen and oxygen atoms in total. The molecule has 0 radical (unpaired) electrons. The summed E-state index contributed by atoms with van der Waals surface area (Å²) < 4.78 is 2.03. The highest BCUT2D eigenvalue weighted by molar-refractivity contribution is 9.10. The number of carbonyl (C=O) groups is 1. The Kier molecular flexibility index (Phi) is 4.20. The fourth-order valence-corrected chi connectivity index (χ4v) is 3.28. The van der Waals surface area contributed by atoms with E-state index < -0.39 is 0 Å². The summed E-state index contributed by atoms with van der Waals surface area (Å²) in [6, 6.07) is 3.31. The average Bonchev–Trinajstić information content (AvgIpc) is 2.92. The van der Waals surface area contributed by atoms with Gasteiger partial charge in [-0.3, -0.25) is 0 Å². The lowest BCUT2D eigenvalue weighted by Gasteiger charge is -2.11. The van der Waals surface area contributed by atoms with Crippen molar-refractivity contribution in [1.82, 2.24) is 19.7 Å². The molecule has 2 aromatic rings. The SMILES string of the molecule is Cc1nc(Br)c(Cc2cc(C#N)nn2C(=O)N(C)C)s1. The molecule has 0 unspecified atom stereocenters. The maximum Gasteiger partial charge on any atom is 0.344 e. The standard InChI is InChI=1S/C12H12BrN5OS/c1-7-15-11(13)10(20-7)5-9-4-8(6-14)16-18(9)12(19)17(2)3/h4H,5H2,1-3H3. The maximum absolute atomic E-state index is 12.1. The minimum Gasteiger partial charge on any atom is -0.329 e. The molecule has 0 saturated heterocycles. The minimum absolute atomic E-state index is 0.229. The maximum atomic E-state index is 12.1. The Bertz CT molecular complexity index is 697. The van der Waals surface area contributed by atoms with Crippen LogP contribution in [-0.4, -0.2) is 39.8 Å². The third-order valence-corrected chi connectivity index (χ3v) is 4.45. The predicted molar refractivity (Wildman–Crippen MR) is 78.8 cm³/mol. The molecular weight excluding hydrogens is 342 g/mol. The van der Waals surface area contributed by atoms with Gasteiger partial charge in [-0.05, 0) is 28.9 Å². The molecule has 0 bridgehead atoms. The van der Waals surface area contributed by atoms with E-state index in [9.17, 15) is 4.79 Å². The van der Waals surface area contributed by atoms with Crippen LogP contribution < -0.4 is 0 Å². The van der Waals surface area contributed by atoms with Crippen LogP contribution >= 0.6 is 27.3 Å². The minimum atomic E-state index is -0.279. The van der Waals surface area contributed by atoms with Gasteiger partial charge in [0, 0.05) is 25.4 Å². The third kappa shape index (κ3) is 2.89. The van der Waals surface area contributed by atoms with Crippen LogP contribution in [0, 0.1) is 18.3 Å². The number of halogens is 1. The molecule has 0 saturated carbocycles. The molecule has 2 heterocycles. The largest absolute Gasteiger partial charge is 0.344 e. The number of hydrogen-bond donors (Lipinski definition) is 0. The van der Waals surface area contributed by atoms with Gasteiger partial charge in [-0.2, -0.15) is 15.0 Å². The van der Waals surface area contributed by atoms with Crippen molar-refractivity contribution in [3.05, 3.63) is 31.9 Å². The van der Waals surface area contributed by atoms with Crippen molar-refractivity contribution in [2.24, 2.45) is 0 Å². The van der Waals surface area contributed by atoms with Crippen LogP contribution in [0.4, 0.5) is 4.79 Å². The first-order valence-corrected chi connectivity index (χ1v) is 7.35. The molecule has 0 aromatic carbocycles. The number of aryl methyl sites for hydroxylation is 1. The van der Waals surface area contributed by atoms with Crippen molar-refractivity contribution in [1.29, 1.82) is 5.26 Å². The molecule has 0 aliphatic rings. The molecule has 0 N–H and O–H groups in total. The Morgan fingerprint density at radius 2 is 2.30 bits per heavy atom. The smallest absolute Gasteiger partial charge is 0.329 e. The summed E-state index contributed by atoms with van der Waals surface area (Å²) in [6.07, 6.45) is 0.500. The van der Waals surface area contributed by atoms with E-state index in [0.29, 0.717) is 12.1 Å². The Balaban J connectivity index is 2.41. The number of nitriles is 1. The molecule has 20 heavy (non-hydrogen) atoms. The average molecular weight is 354 g/mol. The van der Waals surface area contributed by atoms with E-state index in [4.69, 9.17) is 5.26 Å². The highest BCUT2D eigenvalue weighted by Gasteiger charge is 2.18. The Morgan fingerprint density at radius 1 is 1.60 bits per heavy atom. The lowest BCUT2D eigenvalue weighted by molar-refractivity contribution is 0.215. The molecule has 0 atom stereocenters. The number of hydrogen-bond acceptors (Lipinski definition) is 5. The zero-order valence-corrected chi connectivity index (χ0v) is 13.6. The molecule has 2 aromatic heterocycles. The first-order chi connectivity index (χ1) is 9.42. The highest BCUT2D eigenvalue weighted by atomic mass is 79.9. The van der Waals surface area contributed by atoms with E-state index in [0.717, 1.165) is 14.5 Å². The van der Waals surface area contributed by atoms with Crippen molar-refractivity contribution in [2.45, 2.75) is 13.3 Å². The second-order valence-electron chi connectivity index (χ2n) is 4.35. The Morgan fingerprint density at radius 3 is 2.80 bits per heavy atom. The van der Waals surface area contributed by atoms with Crippen LogP contribution in [0.25, 0.3) is 0 Å². The monoisotopic (exact) mass is 353 g/mol. The van der Waals surface area contributed by atoms with Crippen molar-refractivity contribution in [3.8, 4) is 6.07 Å². The molecular formula is C12H12BrN5OS. The van der Waals surface area contributed by atoms with Gasteiger partial charge in [-0.15, -0.1) is 11.3 Å². The van der Waals surface area contributed by atoms with E-state index in [2.05, 4.69) is 26.0 Å². The summed E-state index contributed by atoms with van der Waals surface area (Å²) in [5.74, 6) is 0. The third-order valence-electron chi connectivity index (χ3n) is 2.56. The fourth-order valence-electron chi connectivity index (χ4n) is 1.67. The highest BCUT2D eigenvalue weighted by Crippen LogP contribution is 2.26. The summed E-state index contributed by atoms with van der Waals surface area (Å²) in [6.45, 7) is 1.92. The van der Waals surface area contributed by atoms with Crippen LogP contribution in [0.2, 0.25) is 0 Å². The number of rotatable bonds is 2. The Hall–Kier alpha value is -1.72. The lowest BCUT2D eigenvalue weighted by Crippen LogP contribution is -2.29. The van der Waals surface area contributed by atoms with Crippen LogP contribution in [-0.2, 0) is 6.42 Å². The van der Waals surface area contributed by atoms with Gasteiger partial charge in [0.15, 0.2) is 5.69 Å². The van der Waals surface area contributed by atoms with Gasteiger partial charge in [0.05, 0.1) is 10.7 Å². The van der Waals surface area contributed by atoms with Gasteiger partial charge >= 0.3 is 6.03 Å². The van der Waals surface area contributed by atoms with E-state index in [1.807, 2.05) is 13.0 Å². The number of thiazole rings is 1. The first kappa shape index (κ1) is 14.7. The van der Waals surface area contributed by atoms with Crippen molar-refractivity contribution in [2.75, 3.05) is 14.1 Å². The quantitative estimate of drug-likeness (QED) is 0.830. The number of aromatic nitrogens is 3. The van der Waals surface area contributed by atoms with Gasteiger partial charge in [-0.1, -0.05) is 0 Å².